The summed E-state index contributed by atoms with van der Waals surface area (Å²) >= 11 is 5.17. The van der Waals surface area contributed by atoms with Gasteiger partial charge in [0.1, 0.15) is 4.64 Å². The van der Waals surface area contributed by atoms with Gasteiger partial charge < -0.3 is 15.2 Å². The Bertz CT molecular complexity index is 449. The Kier molecular flexibility index (Phi) is 3.36. The van der Waals surface area contributed by atoms with Gasteiger partial charge in [0.05, 0.1) is 5.56 Å². The number of hydrogen-bond donors (Lipinski definition) is 2. The van der Waals surface area contributed by atoms with Crippen LogP contribution in [0.5, 0.6) is 0 Å². The van der Waals surface area contributed by atoms with Crippen molar-refractivity contribution in [3.05, 3.63) is 28.0 Å². The van der Waals surface area contributed by atoms with E-state index >= 15 is 0 Å². The third-order valence-electron chi connectivity index (χ3n) is 2.69. The molecule has 5 heteroatoms. The second kappa shape index (κ2) is 4.76. The quantitative estimate of drug-likeness (QED) is 0.719. The largest absolute Gasteiger partial charge is 0.350 e. The van der Waals surface area contributed by atoms with E-state index < -0.39 is 0 Å². The number of hydrogen-bond acceptors (Lipinski definition) is 3. The Morgan fingerprint density at radius 3 is 2.69 bits per heavy atom. The molecule has 0 radical (unpaired) electrons. The van der Waals surface area contributed by atoms with Crippen LogP contribution in [0.25, 0.3) is 0 Å². The maximum absolute atomic E-state index is 12.1. The highest BCUT2D eigenvalue weighted by Crippen LogP contribution is 2.08. The number of H-pyrrole nitrogens is 1. The molecule has 0 aliphatic carbocycles. The number of piperazine rings is 1. The highest BCUT2D eigenvalue weighted by molar-refractivity contribution is 7.71. The molecule has 0 atom stereocenters. The predicted molar refractivity (Wildman–Crippen MR) is 65.1 cm³/mol. The topological polar surface area (TPSA) is 48.1 Å². The van der Waals surface area contributed by atoms with Crippen LogP contribution in [0.3, 0.4) is 0 Å². The maximum atomic E-state index is 12.1. The lowest BCUT2D eigenvalue weighted by atomic mass is 10.2. The number of carbonyl (C=O) groups is 1. The predicted octanol–water partition coefficient (Wildman–Crippen LogP) is 1.10. The minimum atomic E-state index is 0.0303. The molecular weight excluding hydrogens is 222 g/mol. The van der Waals surface area contributed by atoms with Crippen LogP contribution in [0.2, 0.25) is 0 Å². The average Bonchev–Trinajstić information content (AvgIpc) is 2.29. The molecule has 1 fully saturated rings. The molecule has 1 aromatic heterocycles. The number of nitrogens with zero attached hydrogens (tertiary/aromatic N) is 1. The van der Waals surface area contributed by atoms with Gasteiger partial charge in [-0.1, -0.05) is 12.2 Å². The summed E-state index contributed by atoms with van der Waals surface area (Å²) in [5.74, 6) is 0.0303. The Morgan fingerprint density at radius 2 is 2.06 bits per heavy atom. The van der Waals surface area contributed by atoms with Gasteiger partial charge in [-0.3, -0.25) is 4.79 Å². The smallest absolute Gasteiger partial charge is 0.256 e. The monoisotopic (exact) mass is 237 g/mol. The molecule has 2 N–H and O–H groups in total. The molecule has 0 spiro atoms. The lowest BCUT2D eigenvalue weighted by molar-refractivity contribution is 0.0735. The van der Waals surface area contributed by atoms with Crippen LogP contribution in [0.4, 0.5) is 0 Å². The zero-order valence-electron chi connectivity index (χ0n) is 9.25. The molecule has 1 saturated heterocycles. The van der Waals surface area contributed by atoms with Crippen molar-refractivity contribution < 1.29 is 4.79 Å². The van der Waals surface area contributed by atoms with Crippen LogP contribution >= 0.6 is 12.2 Å². The summed E-state index contributed by atoms with van der Waals surface area (Å²) < 4.78 is 0.531. The van der Waals surface area contributed by atoms with Crippen LogP contribution in [0.1, 0.15) is 16.1 Å². The highest BCUT2D eigenvalue weighted by Gasteiger charge is 2.18. The first-order valence-corrected chi connectivity index (χ1v) is 5.79. The van der Waals surface area contributed by atoms with Gasteiger partial charge in [0.25, 0.3) is 5.91 Å². The molecule has 2 heterocycles. The van der Waals surface area contributed by atoms with E-state index in [2.05, 4.69) is 10.3 Å². The molecule has 2 rings (SSSR count). The van der Waals surface area contributed by atoms with E-state index in [1.54, 1.807) is 6.07 Å². The molecule has 1 amide bonds. The zero-order valence-corrected chi connectivity index (χ0v) is 10.1. The fourth-order valence-electron chi connectivity index (χ4n) is 1.78. The normalized spacial score (nSPS) is 16.2. The number of amides is 1. The maximum Gasteiger partial charge on any atom is 0.256 e. The van der Waals surface area contributed by atoms with Gasteiger partial charge in [-0.15, -0.1) is 0 Å². The lowest BCUT2D eigenvalue weighted by Crippen LogP contribution is -2.46. The van der Waals surface area contributed by atoms with E-state index in [4.69, 9.17) is 12.2 Å². The molecule has 4 nitrogen and oxygen atoms in total. The first kappa shape index (κ1) is 11.3. The summed E-state index contributed by atoms with van der Waals surface area (Å²) in [6.07, 6.45) is 0. The van der Waals surface area contributed by atoms with Crippen molar-refractivity contribution in [2.75, 3.05) is 26.2 Å². The lowest BCUT2D eigenvalue weighted by Gasteiger charge is -2.27. The third kappa shape index (κ3) is 2.31. The molecule has 1 aliphatic heterocycles. The van der Waals surface area contributed by atoms with Crippen molar-refractivity contribution in [2.45, 2.75) is 6.92 Å². The van der Waals surface area contributed by atoms with Crippen LogP contribution in [-0.2, 0) is 0 Å². The van der Waals surface area contributed by atoms with Gasteiger partial charge in [-0.2, -0.15) is 0 Å². The van der Waals surface area contributed by atoms with Crippen molar-refractivity contribution in [3.8, 4) is 0 Å². The van der Waals surface area contributed by atoms with Crippen LogP contribution in [0, 0.1) is 11.6 Å². The van der Waals surface area contributed by atoms with Crippen LogP contribution in [0.15, 0.2) is 12.1 Å². The SMILES string of the molecule is Cc1ccc(C(=O)N2CCNCC2)c(=S)[nH]1. The summed E-state index contributed by atoms with van der Waals surface area (Å²) in [7, 11) is 0. The molecule has 0 bridgehead atoms. The minimum absolute atomic E-state index is 0.0303. The second-order valence-corrected chi connectivity index (χ2v) is 4.33. The summed E-state index contributed by atoms with van der Waals surface area (Å²) in [5, 5.41) is 3.22. The van der Waals surface area contributed by atoms with Crippen molar-refractivity contribution in [2.24, 2.45) is 0 Å². The number of carbonyl (C=O) groups excluding carboxylic acids is 1. The third-order valence-corrected chi connectivity index (χ3v) is 3.01. The number of nitrogens with one attached hydrogen (secondary N) is 2. The van der Waals surface area contributed by atoms with Gasteiger partial charge in [0.15, 0.2) is 0 Å². The van der Waals surface area contributed by atoms with Gasteiger partial charge in [-0.25, -0.2) is 0 Å². The van der Waals surface area contributed by atoms with Crippen molar-refractivity contribution in [1.29, 1.82) is 0 Å². The number of pyridine rings is 1. The van der Waals surface area contributed by atoms with Crippen molar-refractivity contribution in [3.63, 3.8) is 0 Å². The summed E-state index contributed by atoms with van der Waals surface area (Å²) in [6.45, 7) is 5.14. The Hall–Kier alpha value is -1.20. The molecule has 0 aromatic carbocycles. The first-order valence-electron chi connectivity index (χ1n) is 5.38. The molecule has 16 heavy (non-hydrogen) atoms. The van der Waals surface area contributed by atoms with E-state index in [-0.39, 0.29) is 5.91 Å². The van der Waals surface area contributed by atoms with E-state index in [9.17, 15) is 4.79 Å². The molecular formula is C11H15N3OS. The number of rotatable bonds is 1. The Morgan fingerprint density at radius 1 is 1.38 bits per heavy atom. The van der Waals surface area contributed by atoms with E-state index in [0.717, 1.165) is 31.9 Å². The molecule has 86 valence electrons. The van der Waals surface area contributed by atoms with Gasteiger partial charge >= 0.3 is 0 Å². The zero-order chi connectivity index (χ0) is 11.5. The first-order chi connectivity index (χ1) is 7.68. The van der Waals surface area contributed by atoms with Gasteiger partial charge in [-0.05, 0) is 19.1 Å². The number of aromatic amines is 1. The fraction of sp³-hybridized carbons (Fsp3) is 0.455. The average molecular weight is 237 g/mol. The second-order valence-electron chi connectivity index (χ2n) is 3.93. The summed E-state index contributed by atoms with van der Waals surface area (Å²) in [4.78, 5) is 17.0. The number of aryl methyl sites for hydroxylation is 1. The minimum Gasteiger partial charge on any atom is -0.350 e. The fourth-order valence-corrected chi connectivity index (χ4v) is 2.10. The van der Waals surface area contributed by atoms with E-state index in [1.807, 2.05) is 17.9 Å². The summed E-state index contributed by atoms with van der Waals surface area (Å²) in [6, 6.07) is 3.68. The van der Waals surface area contributed by atoms with Crippen LogP contribution < -0.4 is 5.32 Å². The molecule has 0 unspecified atom stereocenters. The standard InChI is InChI=1S/C11H15N3OS/c1-8-2-3-9(10(16)13-8)11(15)14-6-4-12-5-7-14/h2-3,12H,4-7H2,1H3,(H,13,16). The Labute approximate surface area is 99.7 Å². The Balaban J connectivity index is 2.23. The summed E-state index contributed by atoms with van der Waals surface area (Å²) in [5.41, 5.74) is 1.57. The van der Waals surface area contributed by atoms with Gasteiger partial charge in [0.2, 0.25) is 0 Å². The molecule has 0 saturated carbocycles. The van der Waals surface area contributed by atoms with Crippen molar-refractivity contribution >= 4 is 18.1 Å². The van der Waals surface area contributed by atoms with E-state index in [1.165, 1.54) is 0 Å². The van der Waals surface area contributed by atoms with E-state index in [0.29, 0.717) is 10.2 Å². The van der Waals surface area contributed by atoms with Crippen molar-refractivity contribution in [1.82, 2.24) is 15.2 Å². The van der Waals surface area contributed by atoms with Crippen LogP contribution in [-0.4, -0.2) is 42.0 Å². The number of aromatic nitrogens is 1. The molecule has 1 aromatic rings. The highest BCUT2D eigenvalue weighted by atomic mass is 32.1. The molecule has 1 aliphatic rings. The van der Waals surface area contributed by atoms with Gasteiger partial charge in [0, 0.05) is 31.9 Å².